The van der Waals surface area contributed by atoms with Crippen LogP contribution in [-0.2, 0) is 23.0 Å². The molecule has 7 aliphatic rings. The fourth-order valence-corrected chi connectivity index (χ4v) is 9.81. The SMILES string of the molecule is C.O=C(c1ccc2c(c1)CCN([C@@H]1CCN(C3CCC3)C1)C2=O)N1CCCC1.O=C1c2ccc(OS(=O)(=O)C(F)(F)F)cc2CCN1[C@@H]1CCN(C2CCC2)C1. The van der Waals surface area contributed by atoms with Gasteiger partial charge in [-0.05, 0) is 112 Å². The second kappa shape index (κ2) is 16.3. The molecule has 2 atom stereocenters. The monoisotopic (exact) mass is 801 g/mol. The Morgan fingerprint density at radius 1 is 0.643 bits per heavy atom. The standard InChI is InChI=1S/C22H29N3O2.C18H21F3N2O4S.CH4/c26-21(23-10-1-2-11-23)17-6-7-20-16(14-17)8-13-25(22(20)27)19-9-12-24(15-19)18-4-3-5-18;19-18(20,21)28(25,26)27-15-4-5-16-12(10-15)6-9-23(17(16)24)14-7-8-22(11-14)13-2-1-3-13;/h6-7,14,18-19H,1-5,8-13,15H2;4-5,10,13-14H,1-3,6-9,11H2;1H4/t19-;14-;/m11./s1. The third kappa shape index (κ3) is 8.05. The van der Waals surface area contributed by atoms with Crippen molar-refractivity contribution >= 4 is 27.8 Å². The Kier molecular flexibility index (Phi) is 11.8. The summed E-state index contributed by atoms with van der Waals surface area (Å²) in [6.07, 6.45) is 13.2. The highest BCUT2D eigenvalue weighted by Gasteiger charge is 2.49. The van der Waals surface area contributed by atoms with Gasteiger partial charge < -0.3 is 18.9 Å². The lowest BCUT2D eigenvalue weighted by Crippen LogP contribution is -2.47. The van der Waals surface area contributed by atoms with Gasteiger partial charge in [-0.2, -0.15) is 21.6 Å². The number of alkyl halides is 3. The molecule has 56 heavy (non-hydrogen) atoms. The largest absolute Gasteiger partial charge is 0.534 e. The zero-order valence-electron chi connectivity index (χ0n) is 31.1. The van der Waals surface area contributed by atoms with Crippen molar-refractivity contribution in [2.75, 3.05) is 52.4 Å². The Morgan fingerprint density at radius 3 is 1.62 bits per heavy atom. The van der Waals surface area contributed by atoms with Crippen molar-refractivity contribution < 1.29 is 40.2 Å². The van der Waals surface area contributed by atoms with Crippen molar-refractivity contribution in [3.05, 3.63) is 64.2 Å². The maximum atomic E-state index is 13.1. The maximum absolute atomic E-state index is 13.1. The van der Waals surface area contributed by atoms with E-state index in [9.17, 15) is 36.0 Å². The van der Waals surface area contributed by atoms with Gasteiger partial charge in [0.15, 0.2) is 0 Å². The van der Waals surface area contributed by atoms with Gasteiger partial charge >= 0.3 is 15.6 Å². The highest BCUT2D eigenvalue weighted by Crippen LogP contribution is 2.34. The molecule has 11 nitrogen and oxygen atoms in total. The van der Waals surface area contributed by atoms with Crippen LogP contribution >= 0.6 is 0 Å². The average molecular weight is 802 g/mol. The summed E-state index contributed by atoms with van der Waals surface area (Å²) in [7, 11) is -5.73. The number of hydrogen-bond donors (Lipinski definition) is 0. The lowest BCUT2D eigenvalue weighted by atomic mass is 9.92. The van der Waals surface area contributed by atoms with Gasteiger partial charge in [-0.3, -0.25) is 24.2 Å². The van der Waals surface area contributed by atoms with Crippen molar-refractivity contribution in [2.45, 2.75) is 114 Å². The molecule has 9 rings (SSSR count). The number of likely N-dealkylation sites (tertiary alicyclic amines) is 3. The van der Waals surface area contributed by atoms with E-state index in [4.69, 9.17) is 0 Å². The van der Waals surface area contributed by atoms with E-state index in [1.165, 1.54) is 50.7 Å². The smallest absolute Gasteiger partial charge is 0.376 e. The van der Waals surface area contributed by atoms with Crippen molar-refractivity contribution in [3.63, 3.8) is 0 Å². The van der Waals surface area contributed by atoms with Crippen LogP contribution in [0.4, 0.5) is 13.2 Å². The van der Waals surface area contributed by atoms with E-state index in [-0.39, 0.29) is 31.2 Å². The zero-order valence-corrected chi connectivity index (χ0v) is 32.0. The summed E-state index contributed by atoms with van der Waals surface area (Å²) in [5.74, 6) is -0.310. The van der Waals surface area contributed by atoms with Crippen LogP contribution in [0.1, 0.15) is 114 Å². The summed E-state index contributed by atoms with van der Waals surface area (Å²) in [4.78, 5) is 49.6. The number of rotatable bonds is 7. The molecule has 2 saturated carbocycles. The molecule has 0 radical (unpaired) electrons. The lowest BCUT2D eigenvalue weighted by Gasteiger charge is -2.37. The number of benzene rings is 2. The van der Waals surface area contributed by atoms with Crippen molar-refractivity contribution in [1.82, 2.24) is 24.5 Å². The molecule has 0 aromatic heterocycles. The summed E-state index contributed by atoms with van der Waals surface area (Å²) in [5, 5.41) is 0. The summed E-state index contributed by atoms with van der Waals surface area (Å²) in [5.41, 5.74) is -2.00. The van der Waals surface area contributed by atoms with Crippen LogP contribution in [-0.4, -0.2) is 133 Å². The molecular weight excluding hydrogens is 748 g/mol. The minimum atomic E-state index is -5.73. The Balaban J connectivity index is 0.000000169. The molecule has 0 N–H and O–H groups in total. The van der Waals surface area contributed by atoms with E-state index >= 15 is 0 Å². The average Bonchev–Trinajstić information content (AvgIpc) is 3.90. The number of carbonyl (C=O) groups excluding carboxylic acids is 3. The maximum Gasteiger partial charge on any atom is 0.534 e. The van der Waals surface area contributed by atoms with Gasteiger partial charge in [0.25, 0.3) is 17.7 Å². The minimum Gasteiger partial charge on any atom is -0.376 e. The van der Waals surface area contributed by atoms with E-state index in [1.807, 2.05) is 28.0 Å². The van der Waals surface area contributed by atoms with Gasteiger partial charge in [0.1, 0.15) is 5.75 Å². The fourth-order valence-electron chi connectivity index (χ4n) is 9.36. The number of carbonyl (C=O) groups is 3. The van der Waals surface area contributed by atoms with Gasteiger partial charge in [0, 0.05) is 93.2 Å². The second-order valence-electron chi connectivity index (χ2n) is 16.2. The lowest BCUT2D eigenvalue weighted by molar-refractivity contribution is -0.0500. The van der Waals surface area contributed by atoms with Crippen molar-refractivity contribution in [3.8, 4) is 5.75 Å². The molecule has 306 valence electrons. The molecule has 5 heterocycles. The van der Waals surface area contributed by atoms with Crippen LogP contribution in [0.15, 0.2) is 36.4 Å². The first-order valence-corrected chi connectivity index (χ1v) is 21.4. The van der Waals surface area contributed by atoms with Crippen LogP contribution in [0.5, 0.6) is 5.75 Å². The van der Waals surface area contributed by atoms with E-state index in [1.54, 1.807) is 0 Å². The first-order valence-electron chi connectivity index (χ1n) is 20.0. The summed E-state index contributed by atoms with van der Waals surface area (Å²) in [6.45, 7) is 6.99. The molecule has 15 heteroatoms. The quantitative estimate of drug-likeness (QED) is 0.259. The Bertz CT molecular complexity index is 1910. The van der Waals surface area contributed by atoms with Gasteiger partial charge in [-0.1, -0.05) is 20.3 Å². The molecule has 0 spiro atoms. The molecular formula is C41H54F3N5O6S. The van der Waals surface area contributed by atoms with Crippen LogP contribution in [0.25, 0.3) is 0 Å². The summed E-state index contributed by atoms with van der Waals surface area (Å²) >= 11 is 0. The van der Waals surface area contributed by atoms with Gasteiger partial charge in [-0.25, -0.2) is 0 Å². The number of hydrogen-bond acceptors (Lipinski definition) is 8. The third-order valence-electron chi connectivity index (χ3n) is 13.0. The highest BCUT2D eigenvalue weighted by molar-refractivity contribution is 7.88. The molecule has 3 amide bonds. The normalized spacial score (nSPS) is 24.8. The van der Waals surface area contributed by atoms with Gasteiger partial charge in [0.2, 0.25) is 0 Å². The number of fused-ring (bicyclic) bond motifs is 2. The van der Waals surface area contributed by atoms with Crippen molar-refractivity contribution in [2.24, 2.45) is 0 Å². The zero-order chi connectivity index (χ0) is 38.5. The first-order chi connectivity index (χ1) is 26.4. The summed E-state index contributed by atoms with van der Waals surface area (Å²) in [6, 6.07) is 11.3. The molecule has 5 fully saturated rings. The number of amides is 3. The fraction of sp³-hybridized carbons (Fsp3) is 0.634. The topological polar surface area (TPSA) is 111 Å². The van der Waals surface area contributed by atoms with Crippen LogP contribution in [0, 0.1) is 0 Å². The second-order valence-corrected chi connectivity index (χ2v) is 17.8. The van der Waals surface area contributed by atoms with E-state index in [0.29, 0.717) is 36.2 Å². The predicted octanol–water partition coefficient (Wildman–Crippen LogP) is 5.72. The third-order valence-corrected chi connectivity index (χ3v) is 14.0. The molecule has 2 aromatic carbocycles. The highest BCUT2D eigenvalue weighted by atomic mass is 32.2. The number of nitrogens with zero attached hydrogens (tertiary/aromatic N) is 5. The van der Waals surface area contributed by atoms with E-state index < -0.39 is 21.4 Å². The molecule has 2 aromatic rings. The van der Waals surface area contributed by atoms with Crippen LogP contribution in [0.2, 0.25) is 0 Å². The molecule has 5 aliphatic heterocycles. The molecule has 0 unspecified atom stereocenters. The van der Waals surface area contributed by atoms with Crippen LogP contribution < -0.4 is 4.18 Å². The molecule has 3 saturated heterocycles. The van der Waals surface area contributed by atoms with Gasteiger partial charge in [0.05, 0.1) is 0 Å². The van der Waals surface area contributed by atoms with Crippen molar-refractivity contribution in [1.29, 1.82) is 0 Å². The minimum absolute atomic E-state index is 0. The summed E-state index contributed by atoms with van der Waals surface area (Å²) < 4.78 is 64.0. The van der Waals surface area contributed by atoms with Crippen LogP contribution in [0.3, 0.4) is 0 Å². The Morgan fingerprint density at radius 2 is 1.14 bits per heavy atom. The van der Waals surface area contributed by atoms with E-state index in [2.05, 4.69) is 18.9 Å². The Labute approximate surface area is 328 Å². The van der Waals surface area contributed by atoms with E-state index in [0.717, 1.165) is 107 Å². The Hall–Kier alpha value is -3.69. The predicted molar refractivity (Wildman–Crippen MR) is 205 cm³/mol. The molecule has 2 aliphatic carbocycles. The molecule has 0 bridgehead atoms. The van der Waals surface area contributed by atoms with Gasteiger partial charge in [-0.15, -0.1) is 0 Å². The number of halogens is 3. The first kappa shape index (κ1) is 40.5.